The zero-order chi connectivity index (χ0) is 13.1. The lowest BCUT2D eigenvalue weighted by atomic mass is 9.84. The Hall–Kier alpha value is -1.22. The highest BCUT2D eigenvalue weighted by Gasteiger charge is 2.36. The van der Waals surface area contributed by atoms with Crippen molar-refractivity contribution in [3.05, 3.63) is 24.3 Å². The molecule has 2 saturated heterocycles. The van der Waals surface area contributed by atoms with Crippen LogP contribution in [-0.2, 0) is 0 Å². The normalized spacial score (nSPS) is 30.6. The van der Waals surface area contributed by atoms with Gasteiger partial charge in [-0.1, -0.05) is 6.07 Å². The molecule has 0 aromatic heterocycles. The van der Waals surface area contributed by atoms with Crippen molar-refractivity contribution in [3.63, 3.8) is 0 Å². The molecule has 2 fully saturated rings. The molecule has 2 aliphatic rings. The molecule has 1 unspecified atom stereocenters. The van der Waals surface area contributed by atoms with Crippen LogP contribution in [0.5, 0.6) is 5.75 Å². The van der Waals surface area contributed by atoms with Crippen molar-refractivity contribution in [2.24, 2.45) is 5.92 Å². The van der Waals surface area contributed by atoms with Crippen molar-refractivity contribution in [2.45, 2.75) is 38.1 Å². The molecular formula is C16H25N2O+. The second-order valence-corrected chi connectivity index (χ2v) is 6.05. The van der Waals surface area contributed by atoms with Crippen molar-refractivity contribution < 1.29 is 9.64 Å². The van der Waals surface area contributed by atoms with Crippen LogP contribution in [0, 0.1) is 5.92 Å². The number of hydrogen-bond acceptors (Lipinski definition) is 2. The maximum absolute atomic E-state index is 5.98. The van der Waals surface area contributed by atoms with Gasteiger partial charge in [0.1, 0.15) is 5.75 Å². The van der Waals surface area contributed by atoms with E-state index in [-0.39, 0.29) is 0 Å². The van der Waals surface area contributed by atoms with Crippen LogP contribution in [-0.4, -0.2) is 25.7 Å². The lowest BCUT2D eigenvalue weighted by Crippen LogP contribution is -3.18. The third-order valence-corrected chi connectivity index (χ3v) is 4.75. The fourth-order valence-corrected chi connectivity index (χ4v) is 3.78. The van der Waals surface area contributed by atoms with Gasteiger partial charge in [0.2, 0.25) is 0 Å². The van der Waals surface area contributed by atoms with Crippen LogP contribution in [0.15, 0.2) is 24.3 Å². The lowest BCUT2D eigenvalue weighted by Gasteiger charge is -2.41. The van der Waals surface area contributed by atoms with E-state index in [1.807, 2.05) is 29.2 Å². The summed E-state index contributed by atoms with van der Waals surface area (Å²) in [6.07, 6.45) is 6.89. The van der Waals surface area contributed by atoms with E-state index in [0.29, 0.717) is 0 Å². The molecule has 0 radical (unpaired) electrons. The molecule has 3 N–H and O–H groups in total. The Morgan fingerprint density at radius 1 is 1.16 bits per heavy atom. The van der Waals surface area contributed by atoms with Gasteiger partial charge in [-0.3, -0.25) is 0 Å². The van der Waals surface area contributed by atoms with Gasteiger partial charge in [0.15, 0.2) is 0 Å². The monoisotopic (exact) mass is 261 g/mol. The molecule has 0 bridgehead atoms. The van der Waals surface area contributed by atoms with Gasteiger partial charge in [0.05, 0.1) is 25.7 Å². The van der Waals surface area contributed by atoms with Gasteiger partial charge in [-0.25, -0.2) is 0 Å². The third kappa shape index (κ3) is 3.03. The molecule has 3 rings (SSSR count). The number of benzene rings is 1. The zero-order valence-corrected chi connectivity index (χ0v) is 11.6. The lowest BCUT2D eigenvalue weighted by molar-refractivity contribution is -0.940. The third-order valence-electron chi connectivity index (χ3n) is 4.75. The molecule has 0 saturated carbocycles. The van der Waals surface area contributed by atoms with Gasteiger partial charge in [-0.15, -0.1) is 0 Å². The minimum Gasteiger partial charge on any atom is -0.493 e. The van der Waals surface area contributed by atoms with Crippen molar-refractivity contribution in [1.82, 2.24) is 0 Å². The smallest absolute Gasteiger partial charge is 0.121 e. The van der Waals surface area contributed by atoms with Crippen LogP contribution in [0.2, 0.25) is 0 Å². The van der Waals surface area contributed by atoms with Crippen molar-refractivity contribution in [2.75, 3.05) is 25.4 Å². The van der Waals surface area contributed by atoms with Gasteiger partial charge >= 0.3 is 0 Å². The van der Waals surface area contributed by atoms with Crippen molar-refractivity contribution in [3.8, 4) is 5.75 Å². The first-order chi connectivity index (χ1) is 9.33. The number of quaternary nitrogens is 1. The highest BCUT2D eigenvalue weighted by atomic mass is 16.5. The molecule has 0 aliphatic carbocycles. The Balaban J connectivity index is 1.59. The first-order valence-electron chi connectivity index (χ1n) is 7.66. The zero-order valence-electron chi connectivity index (χ0n) is 11.6. The number of piperidine rings is 2. The number of rotatable bonds is 3. The number of ether oxygens (including phenoxy) is 1. The van der Waals surface area contributed by atoms with Gasteiger partial charge in [0.25, 0.3) is 0 Å². The Bertz CT molecular complexity index is 419. The Kier molecular flexibility index (Phi) is 3.92. The Morgan fingerprint density at radius 3 is 2.95 bits per heavy atom. The van der Waals surface area contributed by atoms with E-state index in [9.17, 15) is 0 Å². The standard InChI is InChI=1S/C16H24N2O/c17-14-6-3-7-15(11-14)19-12-13-5-4-10-18-9-2-1-8-16(13)18/h3,6-7,11,13,16H,1-2,4-5,8-10,12,17H2/p+1/t13-,16+/m0/s1. The summed E-state index contributed by atoms with van der Waals surface area (Å²) in [5.74, 6) is 1.65. The molecule has 0 amide bonds. The highest BCUT2D eigenvalue weighted by molar-refractivity contribution is 5.43. The number of hydrogen-bond donors (Lipinski definition) is 2. The van der Waals surface area contributed by atoms with Gasteiger partial charge in [0, 0.05) is 17.7 Å². The van der Waals surface area contributed by atoms with Crippen LogP contribution in [0.3, 0.4) is 0 Å². The number of anilines is 1. The molecule has 104 valence electrons. The van der Waals surface area contributed by atoms with Crippen LogP contribution >= 0.6 is 0 Å². The predicted octanol–water partition coefficient (Wildman–Crippen LogP) is 1.49. The topological polar surface area (TPSA) is 39.7 Å². The van der Waals surface area contributed by atoms with Crippen LogP contribution < -0.4 is 15.4 Å². The SMILES string of the molecule is Nc1cccc(OC[C@@H]2CCC[NH+]3CCCC[C@H]23)c1. The quantitative estimate of drug-likeness (QED) is 0.809. The number of fused-ring (bicyclic) bond motifs is 1. The second kappa shape index (κ2) is 5.83. The summed E-state index contributed by atoms with van der Waals surface area (Å²) in [5.41, 5.74) is 6.57. The van der Waals surface area contributed by atoms with E-state index in [0.717, 1.165) is 30.0 Å². The van der Waals surface area contributed by atoms with Gasteiger partial charge in [-0.2, -0.15) is 0 Å². The molecule has 3 atom stereocenters. The fraction of sp³-hybridized carbons (Fsp3) is 0.625. The number of nitrogens with two attached hydrogens (primary N) is 1. The van der Waals surface area contributed by atoms with E-state index >= 15 is 0 Å². The van der Waals surface area contributed by atoms with Crippen molar-refractivity contribution >= 4 is 5.69 Å². The molecule has 2 aliphatic heterocycles. The molecule has 3 nitrogen and oxygen atoms in total. The first kappa shape index (κ1) is 12.8. The highest BCUT2D eigenvalue weighted by Crippen LogP contribution is 2.22. The Morgan fingerprint density at radius 2 is 2.05 bits per heavy atom. The molecule has 1 aromatic carbocycles. The van der Waals surface area contributed by atoms with Crippen LogP contribution in [0.25, 0.3) is 0 Å². The molecule has 0 spiro atoms. The van der Waals surface area contributed by atoms with Crippen LogP contribution in [0.1, 0.15) is 32.1 Å². The fourth-order valence-electron chi connectivity index (χ4n) is 3.78. The van der Waals surface area contributed by atoms with Gasteiger partial charge < -0.3 is 15.4 Å². The predicted molar refractivity (Wildman–Crippen MR) is 77.4 cm³/mol. The largest absolute Gasteiger partial charge is 0.493 e. The summed E-state index contributed by atoms with van der Waals surface area (Å²) >= 11 is 0. The summed E-state index contributed by atoms with van der Waals surface area (Å²) in [5, 5.41) is 0. The average molecular weight is 261 g/mol. The summed E-state index contributed by atoms with van der Waals surface area (Å²) in [4.78, 5) is 1.83. The van der Waals surface area contributed by atoms with Crippen molar-refractivity contribution in [1.29, 1.82) is 0 Å². The first-order valence-corrected chi connectivity index (χ1v) is 7.66. The minimum atomic E-state index is 0.727. The minimum absolute atomic E-state index is 0.727. The summed E-state index contributed by atoms with van der Waals surface area (Å²) in [7, 11) is 0. The van der Waals surface area contributed by atoms with E-state index in [1.165, 1.54) is 45.2 Å². The van der Waals surface area contributed by atoms with Crippen LogP contribution in [0.4, 0.5) is 5.69 Å². The Labute approximate surface area is 115 Å². The summed E-state index contributed by atoms with van der Waals surface area (Å²) in [6, 6.07) is 8.63. The summed E-state index contributed by atoms with van der Waals surface area (Å²) < 4.78 is 5.98. The van der Waals surface area contributed by atoms with E-state index in [2.05, 4.69) is 0 Å². The maximum Gasteiger partial charge on any atom is 0.121 e. The van der Waals surface area contributed by atoms with Gasteiger partial charge in [-0.05, 0) is 44.2 Å². The molecule has 2 heterocycles. The molecule has 3 heteroatoms. The molecule has 19 heavy (non-hydrogen) atoms. The maximum atomic E-state index is 5.98. The van der Waals surface area contributed by atoms with E-state index in [1.54, 1.807) is 0 Å². The number of nitrogens with one attached hydrogen (secondary N) is 1. The average Bonchev–Trinajstić information content (AvgIpc) is 2.45. The second-order valence-electron chi connectivity index (χ2n) is 6.05. The van der Waals surface area contributed by atoms with E-state index < -0.39 is 0 Å². The summed E-state index contributed by atoms with van der Waals surface area (Å²) in [6.45, 7) is 3.61. The van der Waals surface area contributed by atoms with E-state index in [4.69, 9.17) is 10.5 Å². The molecular weight excluding hydrogens is 236 g/mol. The number of nitrogen functional groups attached to an aromatic ring is 1. The molecule has 1 aromatic rings.